The number of aliphatic hydroxyl groups is 1. The number of fused-ring (bicyclic) bond motifs is 1. The van der Waals surface area contributed by atoms with Gasteiger partial charge >= 0.3 is 0 Å². The topological polar surface area (TPSA) is 83.9 Å². The van der Waals surface area contributed by atoms with Gasteiger partial charge in [0.1, 0.15) is 17.2 Å². The molecule has 0 radical (unpaired) electrons. The molecular weight excluding hydrogens is 437 g/mol. The van der Waals surface area contributed by atoms with Crippen molar-refractivity contribution in [1.29, 1.82) is 0 Å². The summed E-state index contributed by atoms with van der Waals surface area (Å²) in [5, 5.41) is 12.0. The van der Waals surface area contributed by atoms with Crippen LogP contribution in [0.15, 0.2) is 48.4 Å². The van der Waals surface area contributed by atoms with Gasteiger partial charge in [-0.2, -0.15) is 0 Å². The molecule has 1 aromatic carbocycles. The molecule has 7 nitrogen and oxygen atoms in total. The van der Waals surface area contributed by atoms with Crippen LogP contribution >= 0.6 is 0 Å². The number of pyridine rings is 1. The number of rotatable bonds is 5. The van der Waals surface area contributed by atoms with E-state index in [1.54, 1.807) is 6.07 Å². The van der Waals surface area contributed by atoms with Crippen LogP contribution in [0, 0.1) is 5.82 Å². The Hall–Kier alpha value is -3.07. The van der Waals surface area contributed by atoms with Gasteiger partial charge in [-0.15, -0.1) is 0 Å². The summed E-state index contributed by atoms with van der Waals surface area (Å²) < 4.78 is 25.3. The standard InChI is InChI=1S/C26H28FN3O4/c1-26(2)21(12-23(34-26)24-20-6-4-17(27)11-22(20)29-25(24)32)16-3-5-18(28-13-16)7-8-30-9-10-33-19(14-30)15-31/h3-6,11-13,19,31H,7-10,14-15H2,1-2H3,(H,29,32)/b24-23+. The highest BCUT2D eigenvalue weighted by atomic mass is 19.1. The minimum absolute atomic E-state index is 0.0404. The molecule has 1 aromatic heterocycles. The van der Waals surface area contributed by atoms with E-state index in [9.17, 15) is 14.3 Å². The lowest BCUT2D eigenvalue weighted by Gasteiger charge is -2.31. The molecule has 3 aliphatic rings. The fourth-order valence-electron chi connectivity index (χ4n) is 4.71. The van der Waals surface area contributed by atoms with Crippen LogP contribution in [0.4, 0.5) is 10.1 Å². The van der Waals surface area contributed by atoms with E-state index >= 15 is 0 Å². The number of carbonyl (C=O) groups is 1. The first kappa shape index (κ1) is 22.7. The summed E-state index contributed by atoms with van der Waals surface area (Å²) in [6, 6.07) is 8.30. The summed E-state index contributed by atoms with van der Waals surface area (Å²) in [6.45, 7) is 7.02. The average Bonchev–Trinajstić information content (AvgIpc) is 3.32. The van der Waals surface area contributed by atoms with Gasteiger partial charge in [-0.05, 0) is 44.2 Å². The van der Waals surface area contributed by atoms with Crippen LogP contribution in [-0.4, -0.2) is 65.5 Å². The van der Waals surface area contributed by atoms with E-state index < -0.39 is 11.4 Å². The third-order valence-corrected chi connectivity index (χ3v) is 6.51. The molecule has 5 rings (SSSR count). The summed E-state index contributed by atoms with van der Waals surface area (Å²) >= 11 is 0. The van der Waals surface area contributed by atoms with Gasteiger partial charge in [-0.3, -0.25) is 14.7 Å². The Kier molecular flexibility index (Phi) is 5.97. The first-order chi connectivity index (χ1) is 16.3. The summed E-state index contributed by atoms with van der Waals surface area (Å²) in [6.07, 6.45) is 4.41. The van der Waals surface area contributed by atoms with Crippen LogP contribution in [0.1, 0.15) is 30.7 Å². The SMILES string of the molecule is CC1(C)O/C(=C2/C(=O)Nc3cc(F)ccc32)C=C1c1ccc(CCN2CCOC(CO)C2)nc1. The largest absolute Gasteiger partial charge is 0.482 e. The molecule has 0 aliphatic carbocycles. The average molecular weight is 466 g/mol. The Labute approximate surface area is 197 Å². The highest BCUT2D eigenvalue weighted by Gasteiger charge is 2.38. The number of aliphatic hydroxyl groups excluding tert-OH is 1. The molecule has 0 saturated carbocycles. The number of hydrogen-bond donors (Lipinski definition) is 2. The van der Waals surface area contributed by atoms with Gasteiger partial charge in [0, 0.05) is 54.6 Å². The van der Waals surface area contributed by atoms with Crippen molar-refractivity contribution in [2.24, 2.45) is 0 Å². The molecule has 1 fully saturated rings. The molecule has 1 unspecified atom stereocenters. The van der Waals surface area contributed by atoms with Crippen molar-refractivity contribution < 1.29 is 23.8 Å². The van der Waals surface area contributed by atoms with Crippen molar-refractivity contribution in [2.45, 2.75) is 32.0 Å². The number of aromatic nitrogens is 1. The van der Waals surface area contributed by atoms with Crippen molar-refractivity contribution in [3.63, 3.8) is 0 Å². The number of ether oxygens (including phenoxy) is 2. The number of morpholine rings is 1. The maximum Gasteiger partial charge on any atom is 0.260 e. The molecule has 8 heteroatoms. The maximum absolute atomic E-state index is 13.6. The lowest BCUT2D eigenvalue weighted by Crippen LogP contribution is -2.44. The highest BCUT2D eigenvalue weighted by molar-refractivity contribution is 6.32. The van der Waals surface area contributed by atoms with Crippen molar-refractivity contribution in [1.82, 2.24) is 9.88 Å². The monoisotopic (exact) mass is 465 g/mol. The Morgan fingerprint density at radius 3 is 2.91 bits per heavy atom. The molecule has 2 N–H and O–H groups in total. The molecule has 0 spiro atoms. The molecule has 1 amide bonds. The van der Waals surface area contributed by atoms with Crippen molar-refractivity contribution >= 4 is 22.7 Å². The Morgan fingerprint density at radius 2 is 2.15 bits per heavy atom. The van der Waals surface area contributed by atoms with Crippen LogP contribution in [-0.2, 0) is 20.7 Å². The fourth-order valence-corrected chi connectivity index (χ4v) is 4.71. The van der Waals surface area contributed by atoms with Gasteiger partial charge in [-0.1, -0.05) is 6.07 Å². The van der Waals surface area contributed by atoms with Crippen LogP contribution in [0.3, 0.4) is 0 Å². The van der Waals surface area contributed by atoms with Gasteiger partial charge in [0.05, 0.1) is 30.6 Å². The van der Waals surface area contributed by atoms with Gasteiger partial charge in [0.25, 0.3) is 5.91 Å². The van der Waals surface area contributed by atoms with E-state index in [1.807, 2.05) is 38.3 Å². The molecule has 4 heterocycles. The van der Waals surface area contributed by atoms with Crippen molar-refractivity contribution in [3.8, 4) is 0 Å². The smallest absolute Gasteiger partial charge is 0.260 e. The first-order valence-electron chi connectivity index (χ1n) is 11.5. The number of allylic oxidation sites excluding steroid dienone is 1. The number of anilines is 1. The van der Waals surface area contributed by atoms with E-state index in [4.69, 9.17) is 9.47 Å². The first-order valence-corrected chi connectivity index (χ1v) is 11.5. The lowest BCUT2D eigenvalue weighted by atomic mass is 9.93. The minimum atomic E-state index is -0.651. The van der Waals surface area contributed by atoms with E-state index in [0.717, 1.165) is 42.9 Å². The Bertz CT molecular complexity index is 1170. The zero-order chi connectivity index (χ0) is 23.9. The highest BCUT2D eigenvalue weighted by Crippen LogP contribution is 2.44. The van der Waals surface area contributed by atoms with Gasteiger partial charge < -0.3 is 19.9 Å². The quantitative estimate of drug-likeness (QED) is 0.661. The second kappa shape index (κ2) is 8.94. The number of nitrogens with zero attached hydrogens (tertiary/aromatic N) is 2. The predicted octanol–water partition coefficient (Wildman–Crippen LogP) is 3.01. The normalized spacial score (nSPS) is 23.9. The number of carbonyl (C=O) groups excluding carboxylic acids is 1. The van der Waals surface area contributed by atoms with Gasteiger partial charge in [0.2, 0.25) is 0 Å². The van der Waals surface area contributed by atoms with Crippen molar-refractivity contribution in [2.75, 3.05) is 38.2 Å². The zero-order valence-corrected chi connectivity index (χ0v) is 19.3. The third kappa shape index (κ3) is 4.36. The van der Waals surface area contributed by atoms with Crippen molar-refractivity contribution in [3.05, 3.63) is 71.0 Å². The second-order valence-electron chi connectivity index (χ2n) is 9.32. The lowest BCUT2D eigenvalue weighted by molar-refractivity contribution is -0.111. The summed E-state index contributed by atoms with van der Waals surface area (Å²) in [7, 11) is 0. The number of hydrogen-bond acceptors (Lipinski definition) is 6. The molecule has 34 heavy (non-hydrogen) atoms. The summed E-state index contributed by atoms with van der Waals surface area (Å²) in [5.41, 5.74) is 3.68. The zero-order valence-electron chi connectivity index (χ0n) is 19.3. The van der Waals surface area contributed by atoms with Crippen LogP contribution in [0.5, 0.6) is 0 Å². The Balaban J connectivity index is 1.35. The number of benzene rings is 1. The molecular formula is C26H28FN3O4. The third-order valence-electron chi connectivity index (χ3n) is 6.51. The molecule has 1 atom stereocenters. The van der Waals surface area contributed by atoms with E-state index in [1.165, 1.54) is 12.1 Å². The molecule has 178 valence electrons. The summed E-state index contributed by atoms with van der Waals surface area (Å²) in [5.74, 6) is -0.233. The van der Waals surface area contributed by atoms with Crippen LogP contribution in [0.2, 0.25) is 0 Å². The fraction of sp³-hybridized carbons (Fsp3) is 0.385. The summed E-state index contributed by atoms with van der Waals surface area (Å²) in [4.78, 5) is 19.6. The van der Waals surface area contributed by atoms with E-state index in [2.05, 4.69) is 15.2 Å². The van der Waals surface area contributed by atoms with E-state index in [0.29, 0.717) is 29.2 Å². The van der Waals surface area contributed by atoms with Gasteiger partial charge in [-0.25, -0.2) is 4.39 Å². The predicted molar refractivity (Wildman–Crippen MR) is 126 cm³/mol. The number of nitrogens with one attached hydrogen (secondary N) is 1. The van der Waals surface area contributed by atoms with Gasteiger partial charge in [0.15, 0.2) is 0 Å². The molecule has 1 saturated heterocycles. The molecule has 3 aliphatic heterocycles. The Morgan fingerprint density at radius 1 is 1.29 bits per heavy atom. The number of amides is 1. The molecule has 2 aromatic rings. The number of halogens is 1. The van der Waals surface area contributed by atoms with Crippen LogP contribution < -0.4 is 5.32 Å². The maximum atomic E-state index is 13.6. The van der Waals surface area contributed by atoms with E-state index in [-0.39, 0.29) is 18.6 Å². The van der Waals surface area contributed by atoms with Crippen LogP contribution in [0.25, 0.3) is 11.1 Å². The molecule has 0 bridgehead atoms. The second-order valence-corrected chi connectivity index (χ2v) is 9.32. The minimum Gasteiger partial charge on any atom is -0.482 e.